The Labute approximate surface area is 180 Å². The van der Waals surface area contributed by atoms with Gasteiger partial charge in [-0.1, -0.05) is 116 Å². The standard InChI is InChI=1S/C18H52Si9/c1-19(2,3)26-21(7,8)17-23(11,12)27(20(4,5)6,25(26,15)16)24(13,14)18-22(26,9)10/h17-18H2,1-16H3. The van der Waals surface area contributed by atoms with Crippen molar-refractivity contribution in [3.05, 3.63) is 0 Å². The summed E-state index contributed by atoms with van der Waals surface area (Å²) in [5.41, 5.74) is 3.74. The second kappa shape index (κ2) is 6.05. The first-order chi connectivity index (χ1) is 11.4. The average Bonchev–Trinajstić information content (AvgIpc) is 2.12. The summed E-state index contributed by atoms with van der Waals surface area (Å²) in [5.74, 6) is 0. The molecule has 2 fully saturated rings. The Morgan fingerprint density at radius 3 is 0.741 bits per heavy atom. The molecule has 0 unspecified atom stereocenters. The van der Waals surface area contributed by atoms with Crippen LogP contribution in [-0.2, 0) is 0 Å². The maximum atomic E-state index is 3.15. The van der Waals surface area contributed by atoms with E-state index in [0.717, 1.165) is 0 Å². The van der Waals surface area contributed by atoms with Crippen LogP contribution in [-0.4, -0.2) is 64.9 Å². The van der Waals surface area contributed by atoms with Crippen LogP contribution in [0.25, 0.3) is 0 Å². The number of hydrogen-bond acceptors (Lipinski definition) is 0. The minimum atomic E-state index is -1.20. The number of fused-ring (bicyclic) bond motifs is 2. The van der Waals surface area contributed by atoms with Gasteiger partial charge < -0.3 is 0 Å². The van der Waals surface area contributed by atoms with Gasteiger partial charge in [0, 0.05) is 64.9 Å². The second-order valence-electron chi connectivity index (χ2n) is 15.5. The van der Waals surface area contributed by atoms with Crippen LogP contribution in [0.4, 0.5) is 0 Å². The zero-order valence-electron chi connectivity index (χ0n) is 21.9. The summed E-state index contributed by atoms with van der Waals surface area (Å²) >= 11 is 0. The van der Waals surface area contributed by atoms with E-state index in [1.165, 1.54) is 0 Å². The van der Waals surface area contributed by atoms with Crippen molar-refractivity contribution < 1.29 is 0 Å². The van der Waals surface area contributed by atoms with Crippen LogP contribution in [0.3, 0.4) is 0 Å². The van der Waals surface area contributed by atoms with Gasteiger partial charge in [0.1, 0.15) is 0 Å². The monoisotopic (exact) mass is 520 g/mol. The molecule has 0 aromatic rings. The first kappa shape index (κ1) is 25.2. The van der Waals surface area contributed by atoms with E-state index in [9.17, 15) is 0 Å². The predicted molar refractivity (Wildman–Crippen MR) is 155 cm³/mol. The maximum absolute atomic E-state index is 3.15. The molecule has 2 bridgehead atoms. The Morgan fingerprint density at radius 2 is 0.593 bits per heavy atom. The van der Waals surface area contributed by atoms with Crippen molar-refractivity contribution in [3.63, 3.8) is 0 Å². The van der Waals surface area contributed by atoms with Crippen LogP contribution in [0, 0.1) is 0 Å². The molecule has 9 heteroatoms. The lowest BCUT2D eigenvalue weighted by Gasteiger charge is -2.84. The molecule has 0 radical (unpaired) electrons. The molecule has 0 nitrogen and oxygen atoms in total. The zero-order valence-corrected chi connectivity index (χ0v) is 30.9. The third kappa shape index (κ3) is 2.55. The molecule has 27 heavy (non-hydrogen) atoms. The highest BCUT2D eigenvalue weighted by molar-refractivity contribution is 8.29. The van der Waals surface area contributed by atoms with Gasteiger partial charge in [-0.05, 0) is 0 Å². The van der Waals surface area contributed by atoms with E-state index in [4.69, 9.17) is 0 Å². The molecular weight excluding hydrogens is 469 g/mol. The van der Waals surface area contributed by atoms with Crippen LogP contribution in [0.15, 0.2) is 0 Å². The summed E-state index contributed by atoms with van der Waals surface area (Å²) in [6.45, 7) is 47.8. The summed E-state index contributed by atoms with van der Waals surface area (Å²) in [5, 5.41) is 0. The van der Waals surface area contributed by atoms with Crippen LogP contribution in [0.2, 0.25) is 116 Å². The van der Waals surface area contributed by atoms with Gasteiger partial charge in [-0.25, -0.2) is 0 Å². The molecule has 0 aromatic carbocycles. The lowest BCUT2D eigenvalue weighted by atomic mass is 11.8. The van der Waals surface area contributed by atoms with Gasteiger partial charge in [0.15, 0.2) is 0 Å². The molecule has 0 amide bonds. The molecule has 0 aliphatic carbocycles. The quantitative estimate of drug-likeness (QED) is 0.350. The van der Waals surface area contributed by atoms with Crippen molar-refractivity contribution in [1.29, 1.82) is 0 Å². The van der Waals surface area contributed by atoms with Crippen molar-refractivity contribution in [2.45, 2.75) is 116 Å². The third-order valence-corrected chi connectivity index (χ3v) is 264. The zero-order chi connectivity index (χ0) is 21.9. The lowest BCUT2D eigenvalue weighted by molar-refractivity contribution is 1.55. The highest BCUT2D eigenvalue weighted by Crippen LogP contribution is 2.63. The van der Waals surface area contributed by atoms with Crippen molar-refractivity contribution in [2.75, 3.05) is 0 Å². The van der Waals surface area contributed by atoms with Crippen LogP contribution < -0.4 is 0 Å². The van der Waals surface area contributed by atoms with E-state index in [1.54, 1.807) is 0 Å². The molecule has 2 aliphatic heterocycles. The maximum Gasteiger partial charge on any atom is 0.0313 e. The van der Waals surface area contributed by atoms with Gasteiger partial charge in [0.25, 0.3) is 0 Å². The summed E-state index contributed by atoms with van der Waals surface area (Å²) < 4.78 is 0. The van der Waals surface area contributed by atoms with E-state index < -0.39 is 64.9 Å². The minimum Gasteiger partial charge on any atom is -0.0742 e. The number of hydrogen-bond donors (Lipinski definition) is 0. The highest BCUT2D eigenvalue weighted by Gasteiger charge is 2.88. The van der Waals surface area contributed by atoms with Gasteiger partial charge in [-0.3, -0.25) is 0 Å². The van der Waals surface area contributed by atoms with Crippen molar-refractivity contribution >= 4 is 64.9 Å². The molecule has 0 atom stereocenters. The predicted octanol–water partition coefficient (Wildman–Crippen LogP) is 6.84. The van der Waals surface area contributed by atoms with E-state index in [1.807, 2.05) is 11.3 Å². The molecular formula is C18H52Si9. The van der Waals surface area contributed by atoms with E-state index in [-0.39, 0.29) is 0 Å². The molecule has 2 rings (SSSR count). The van der Waals surface area contributed by atoms with Gasteiger partial charge in [0.05, 0.1) is 0 Å². The van der Waals surface area contributed by atoms with E-state index in [2.05, 4.69) is 105 Å². The van der Waals surface area contributed by atoms with Gasteiger partial charge in [-0.2, -0.15) is 0 Å². The fourth-order valence-corrected chi connectivity index (χ4v) is 508. The molecule has 160 valence electrons. The van der Waals surface area contributed by atoms with Crippen LogP contribution >= 0.6 is 0 Å². The number of rotatable bonds is 2. The SMILES string of the molecule is C[Si](C)(C)[Si]12[Si](C)(C)C[Si](C)(C)[Si]([Si](C)(C)C)([Si](C)(C)C[Si]1(C)C)[Si]2(C)C. The Hall–Kier alpha value is 1.95. The van der Waals surface area contributed by atoms with Crippen LogP contribution in [0.5, 0.6) is 0 Å². The summed E-state index contributed by atoms with van der Waals surface area (Å²) in [6.07, 6.45) is -2.31. The van der Waals surface area contributed by atoms with Gasteiger partial charge in [-0.15, -0.1) is 0 Å². The highest BCUT2D eigenvalue weighted by atomic mass is 30.4. The van der Waals surface area contributed by atoms with E-state index >= 15 is 0 Å². The largest absolute Gasteiger partial charge is 0.0742 e. The van der Waals surface area contributed by atoms with Crippen molar-refractivity contribution in [2.24, 2.45) is 0 Å². The van der Waals surface area contributed by atoms with E-state index in [0.29, 0.717) is 0 Å². The minimum absolute atomic E-state index is 1.13. The lowest BCUT2D eigenvalue weighted by Crippen LogP contribution is -3.13. The molecule has 0 aromatic heterocycles. The molecule has 2 saturated heterocycles. The van der Waals surface area contributed by atoms with Crippen molar-refractivity contribution in [1.82, 2.24) is 0 Å². The first-order valence-corrected chi connectivity index (χ1v) is 46.2. The Morgan fingerprint density at radius 1 is 0.407 bits per heavy atom. The second-order valence-corrected chi connectivity index (χ2v) is 119. The normalized spacial score (nSPS) is 39.1. The summed E-state index contributed by atoms with van der Waals surface area (Å²) in [6, 6.07) is 0. The van der Waals surface area contributed by atoms with Gasteiger partial charge >= 0.3 is 0 Å². The smallest absolute Gasteiger partial charge is 0.0313 e. The average molecular weight is 521 g/mol. The Balaban J connectivity index is 3.20. The molecule has 2 heterocycles. The molecule has 0 spiro atoms. The summed E-state index contributed by atoms with van der Waals surface area (Å²) in [4.78, 5) is 0. The third-order valence-electron chi connectivity index (χ3n) is 9.95. The fraction of sp³-hybridized carbons (Fsp3) is 1.00. The summed E-state index contributed by atoms with van der Waals surface area (Å²) in [7, 11) is -7.96. The van der Waals surface area contributed by atoms with Crippen LogP contribution in [0.1, 0.15) is 0 Å². The fourth-order valence-electron chi connectivity index (χ4n) is 14.2. The molecule has 0 N–H and O–H groups in total. The molecule has 2 aliphatic rings. The Kier molecular flexibility index (Phi) is 5.65. The first-order valence-electron chi connectivity index (χ1n) is 11.4. The Bertz CT molecular complexity index is 550. The topological polar surface area (TPSA) is 0 Å². The van der Waals surface area contributed by atoms with Crippen molar-refractivity contribution in [3.8, 4) is 0 Å². The van der Waals surface area contributed by atoms with Gasteiger partial charge in [0.2, 0.25) is 0 Å². The molecule has 0 saturated carbocycles.